The van der Waals surface area contributed by atoms with Crippen LogP contribution in [0.1, 0.15) is 72.8 Å². The molecule has 1 heterocycles. The van der Waals surface area contributed by atoms with Crippen LogP contribution in [0.4, 0.5) is 0 Å². The Morgan fingerprint density at radius 1 is 1.18 bits per heavy atom. The number of rotatable bonds is 4. The van der Waals surface area contributed by atoms with Gasteiger partial charge in [0.1, 0.15) is 6.10 Å². The lowest BCUT2D eigenvalue weighted by Gasteiger charge is -2.52. The average molecular weight is 535 g/mol. The lowest BCUT2D eigenvalue weighted by molar-refractivity contribution is -0.304. The van der Waals surface area contributed by atoms with Crippen molar-refractivity contribution in [3.8, 4) is 0 Å². The number of aliphatic hydroxyl groups is 1. The highest BCUT2D eigenvalue weighted by molar-refractivity contribution is 5.95. The van der Waals surface area contributed by atoms with E-state index in [1.165, 1.54) is 0 Å². The van der Waals surface area contributed by atoms with Gasteiger partial charge in [-0.15, -0.1) is 0 Å². The number of allylic oxidation sites excluding steroid dienone is 1. The van der Waals surface area contributed by atoms with Crippen molar-refractivity contribution in [1.29, 1.82) is 0 Å². The normalized spacial score (nSPS) is 42.0. The molecule has 6 heteroatoms. The van der Waals surface area contributed by atoms with Crippen molar-refractivity contribution in [2.45, 2.75) is 90.8 Å². The van der Waals surface area contributed by atoms with Crippen LogP contribution in [-0.4, -0.2) is 47.1 Å². The SMILES string of the molecule is CCC(C(=O)O[C@H]1C(C)=C[C@]23C(=O)C(C=C4COC(C)(C)O[C@H]4[C@]12O)[C@H]1[C@@H](C[C@H]3C)C1(C)C)c1ccccc1. The van der Waals surface area contributed by atoms with E-state index < -0.39 is 40.9 Å². The van der Waals surface area contributed by atoms with Gasteiger partial charge in [-0.1, -0.05) is 70.2 Å². The van der Waals surface area contributed by atoms with Crippen molar-refractivity contribution >= 4 is 11.8 Å². The van der Waals surface area contributed by atoms with Gasteiger partial charge < -0.3 is 19.3 Å². The first-order valence-electron chi connectivity index (χ1n) is 14.5. The Balaban J connectivity index is 1.48. The Kier molecular flexibility index (Phi) is 5.94. The quantitative estimate of drug-likeness (QED) is 0.414. The van der Waals surface area contributed by atoms with E-state index in [0.29, 0.717) is 17.9 Å². The second kappa shape index (κ2) is 8.61. The molecular weight excluding hydrogens is 492 g/mol. The molecule has 1 aromatic carbocycles. The third kappa shape index (κ3) is 3.57. The molecule has 1 aliphatic heterocycles. The van der Waals surface area contributed by atoms with Gasteiger partial charge in [-0.2, -0.15) is 0 Å². The van der Waals surface area contributed by atoms with E-state index in [1.807, 2.05) is 70.2 Å². The summed E-state index contributed by atoms with van der Waals surface area (Å²) in [7, 11) is 0. The van der Waals surface area contributed by atoms with E-state index in [1.54, 1.807) is 0 Å². The molecule has 3 fully saturated rings. The summed E-state index contributed by atoms with van der Waals surface area (Å²) < 4.78 is 18.9. The molecule has 4 aliphatic carbocycles. The molecule has 2 unspecified atom stereocenters. The summed E-state index contributed by atoms with van der Waals surface area (Å²) >= 11 is 0. The summed E-state index contributed by atoms with van der Waals surface area (Å²) in [6.07, 6.45) is 3.49. The zero-order chi connectivity index (χ0) is 28.1. The molecular formula is C33H42O6. The number of hydrogen-bond acceptors (Lipinski definition) is 6. The Bertz CT molecular complexity index is 1260. The third-order valence-corrected chi connectivity index (χ3v) is 10.8. The van der Waals surface area contributed by atoms with E-state index in [0.717, 1.165) is 17.6 Å². The molecule has 9 atom stereocenters. The number of carbonyl (C=O) groups is 2. The zero-order valence-electron chi connectivity index (χ0n) is 24.2. The van der Waals surface area contributed by atoms with Crippen LogP contribution in [0.25, 0.3) is 0 Å². The van der Waals surface area contributed by atoms with Gasteiger partial charge in [0.25, 0.3) is 0 Å². The van der Waals surface area contributed by atoms with Gasteiger partial charge in [0.15, 0.2) is 23.3 Å². The lowest BCUT2D eigenvalue weighted by Crippen LogP contribution is -2.68. The molecule has 0 amide bonds. The highest BCUT2D eigenvalue weighted by Gasteiger charge is 2.77. The molecule has 2 bridgehead atoms. The number of ketones is 1. The number of esters is 1. The maximum absolute atomic E-state index is 14.8. The lowest BCUT2D eigenvalue weighted by atomic mass is 9.59. The van der Waals surface area contributed by atoms with Gasteiger partial charge >= 0.3 is 5.97 Å². The van der Waals surface area contributed by atoms with Crippen molar-refractivity contribution in [3.05, 3.63) is 59.2 Å². The van der Waals surface area contributed by atoms with Crippen molar-refractivity contribution in [3.63, 3.8) is 0 Å². The molecule has 0 radical (unpaired) electrons. The van der Waals surface area contributed by atoms with Crippen LogP contribution in [0.2, 0.25) is 0 Å². The van der Waals surface area contributed by atoms with Gasteiger partial charge in [0.2, 0.25) is 0 Å². The minimum Gasteiger partial charge on any atom is -0.454 e. The Labute approximate surface area is 231 Å². The number of fused-ring (bicyclic) bond motifs is 5. The highest BCUT2D eigenvalue weighted by atomic mass is 16.7. The van der Waals surface area contributed by atoms with Crippen molar-refractivity contribution < 1.29 is 28.9 Å². The number of carbonyl (C=O) groups excluding carboxylic acids is 2. The minimum atomic E-state index is -1.79. The third-order valence-electron chi connectivity index (χ3n) is 10.8. The fraction of sp³-hybridized carbons (Fsp3) is 0.636. The molecule has 1 aromatic rings. The first-order valence-corrected chi connectivity index (χ1v) is 14.5. The smallest absolute Gasteiger partial charge is 0.314 e. The van der Waals surface area contributed by atoms with Crippen LogP contribution < -0.4 is 0 Å². The topological polar surface area (TPSA) is 82.1 Å². The molecule has 2 saturated carbocycles. The van der Waals surface area contributed by atoms with Gasteiger partial charge in [0, 0.05) is 5.92 Å². The van der Waals surface area contributed by atoms with Crippen molar-refractivity contribution in [1.82, 2.24) is 0 Å². The molecule has 1 saturated heterocycles. The number of ether oxygens (including phenoxy) is 3. The average Bonchev–Trinajstić information content (AvgIpc) is 3.37. The Morgan fingerprint density at radius 2 is 1.87 bits per heavy atom. The molecule has 39 heavy (non-hydrogen) atoms. The van der Waals surface area contributed by atoms with Gasteiger partial charge in [-0.3, -0.25) is 9.59 Å². The van der Waals surface area contributed by atoms with E-state index in [2.05, 4.69) is 20.8 Å². The van der Waals surface area contributed by atoms with Crippen LogP contribution >= 0.6 is 0 Å². The summed E-state index contributed by atoms with van der Waals surface area (Å²) in [5, 5.41) is 13.2. The largest absolute Gasteiger partial charge is 0.454 e. The van der Waals surface area contributed by atoms with Crippen LogP contribution in [0, 0.1) is 34.5 Å². The minimum absolute atomic E-state index is 0.0203. The van der Waals surface area contributed by atoms with Crippen molar-refractivity contribution in [2.75, 3.05) is 6.61 Å². The maximum atomic E-state index is 14.8. The first-order chi connectivity index (χ1) is 18.3. The second-order valence-corrected chi connectivity index (χ2v) is 13.7. The summed E-state index contributed by atoms with van der Waals surface area (Å²) in [6, 6.07) is 9.59. The summed E-state index contributed by atoms with van der Waals surface area (Å²) in [6.45, 7) is 14.3. The fourth-order valence-corrected chi connectivity index (χ4v) is 8.72. The fourth-order valence-electron chi connectivity index (χ4n) is 8.72. The maximum Gasteiger partial charge on any atom is 0.314 e. The molecule has 6 rings (SSSR count). The molecule has 0 aromatic heterocycles. The molecule has 1 N–H and O–H groups in total. The summed E-state index contributed by atoms with van der Waals surface area (Å²) in [5.41, 5.74) is -0.628. The number of hydrogen-bond donors (Lipinski definition) is 1. The van der Waals surface area contributed by atoms with E-state index in [4.69, 9.17) is 14.2 Å². The molecule has 5 aliphatic rings. The van der Waals surface area contributed by atoms with Crippen LogP contribution in [0.5, 0.6) is 0 Å². The van der Waals surface area contributed by atoms with Crippen LogP contribution in [0.3, 0.4) is 0 Å². The Hall–Kier alpha value is -2.28. The van der Waals surface area contributed by atoms with Crippen LogP contribution in [-0.2, 0) is 23.8 Å². The van der Waals surface area contributed by atoms with Gasteiger partial charge in [0.05, 0.1) is 17.9 Å². The standard InChI is InChI=1S/C33H42O6/c1-8-22(20-12-10-9-11-13-20)29(35)38-27-18(2)16-32-19(3)14-24-25(30(24,4)5)23(26(32)34)15-21-17-37-31(6,7)39-28(21)33(27,32)36/h9-13,15-16,19,22-25,27-28,36H,8,14,17H2,1-7H3/t19-,22?,23?,24-,25+,27+,28-,32+,33-/m1/s1. The predicted octanol–water partition coefficient (Wildman–Crippen LogP) is 5.36. The van der Waals surface area contributed by atoms with Gasteiger partial charge in [-0.25, -0.2) is 0 Å². The van der Waals surface area contributed by atoms with Crippen LogP contribution in [0.15, 0.2) is 53.6 Å². The van der Waals surface area contributed by atoms with E-state index in [9.17, 15) is 14.7 Å². The summed E-state index contributed by atoms with van der Waals surface area (Å²) in [4.78, 5) is 28.6. The monoisotopic (exact) mass is 534 g/mol. The highest BCUT2D eigenvalue weighted by Crippen LogP contribution is 2.72. The molecule has 1 spiro atoms. The summed E-state index contributed by atoms with van der Waals surface area (Å²) in [5.74, 6) is -1.74. The Morgan fingerprint density at radius 3 is 2.54 bits per heavy atom. The predicted molar refractivity (Wildman–Crippen MR) is 147 cm³/mol. The first kappa shape index (κ1) is 26.9. The molecule has 6 nitrogen and oxygen atoms in total. The van der Waals surface area contributed by atoms with E-state index in [-0.39, 0.29) is 35.6 Å². The van der Waals surface area contributed by atoms with Gasteiger partial charge in [-0.05, 0) is 73.5 Å². The zero-order valence-corrected chi connectivity index (χ0v) is 24.2. The second-order valence-electron chi connectivity index (χ2n) is 13.7. The van der Waals surface area contributed by atoms with E-state index >= 15 is 0 Å². The van der Waals surface area contributed by atoms with Crippen molar-refractivity contribution in [2.24, 2.45) is 34.5 Å². The molecule has 210 valence electrons. The number of Topliss-reactive ketones (excluding diaryl/α,β-unsaturated/α-hetero) is 1. The number of benzene rings is 1.